The first-order chi connectivity index (χ1) is 8.25. The van der Waals surface area contributed by atoms with Crippen molar-refractivity contribution in [2.24, 2.45) is 0 Å². The molecular formula is C9H10ClN5OS. The van der Waals surface area contributed by atoms with E-state index in [0.29, 0.717) is 16.6 Å². The summed E-state index contributed by atoms with van der Waals surface area (Å²) in [5.41, 5.74) is 0.526. The second-order valence-corrected chi connectivity index (χ2v) is 5.31. The van der Waals surface area contributed by atoms with Gasteiger partial charge in [-0.15, -0.1) is 5.10 Å². The van der Waals surface area contributed by atoms with E-state index >= 15 is 0 Å². The number of aryl methyl sites for hydroxylation is 1. The molecule has 3 heterocycles. The maximum Gasteiger partial charge on any atom is 0.346 e. The topological polar surface area (TPSA) is 65.6 Å². The molecule has 90 valence electrons. The summed E-state index contributed by atoms with van der Waals surface area (Å²) < 4.78 is 7.41. The Morgan fingerprint density at radius 2 is 2.29 bits per heavy atom. The van der Waals surface area contributed by atoms with Gasteiger partial charge in [-0.25, -0.2) is 9.48 Å². The highest BCUT2D eigenvalue weighted by Crippen LogP contribution is 2.18. The van der Waals surface area contributed by atoms with Gasteiger partial charge in [-0.05, 0) is 12.8 Å². The molecule has 0 saturated carbocycles. The Balaban J connectivity index is 1.97. The van der Waals surface area contributed by atoms with Crippen LogP contribution in [0.1, 0.15) is 24.4 Å². The fraction of sp³-hybridized carbons (Fsp3) is 0.556. The van der Waals surface area contributed by atoms with Crippen LogP contribution in [-0.2, 0) is 19.5 Å². The number of fused-ring (bicyclic) bond motifs is 1. The second-order valence-electron chi connectivity index (χ2n) is 3.96. The van der Waals surface area contributed by atoms with E-state index in [2.05, 4.69) is 14.7 Å². The molecule has 2 aromatic rings. The second kappa shape index (κ2) is 4.23. The normalized spacial score (nSPS) is 14.9. The van der Waals surface area contributed by atoms with Gasteiger partial charge in [0, 0.05) is 24.5 Å². The minimum atomic E-state index is -0.0798. The highest BCUT2D eigenvalue weighted by molar-refractivity contribution is 7.10. The minimum absolute atomic E-state index is 0.0798. The van der Waals surface area contributed by atoms with Crippen molar-refractivity contribution in [1.29, 1.82) is 0 Å². The lowest BCUT2D eigenvalue weighted by atomic mass is 10.2. The average Bonchev–Trinajstić information content (AvgIpc) is 2.87. The third-order valence-corrected chi connectivity index (χ3v) is 3.82. The van der Waals surface area contributed by atoms with Crippen molar-refractivity contribution < 1.29 is 0 Å². The number of nitrogens with zero attached hydrogens (tertiary/aromatic N) is 5. The molecule has 1 aliphatic rings. The SMILES string of the molecule is O=c1n(Cc2nnsc2Cl)nc2n1CCCC2. The van der Waals surface area contributed by atoms with Gasteiger partial charge in [0.05, 0.1) is 6.54 Å². The van der Waals surface area contributed by atoms with E-state index in [1.54, 1.807) is 4.57 Å². The predicted molar refractivity (Wildman–Crippen MR) is 63.4 cm³/mol. The van der Waals surface area contributed by atoms with Crippen LogP contribution in [0.25, 0.3) is 0 Å². The molecule has 0 atom stereocenters. The summed E-state index contributed by atoms with van der Waals surface area (Å²) in [6.07, 6.45) is 3.00. The van der Waals surface area contributed by atoms with Crippen molar-refractivity contribution in [3.8, 4) is 0 Å². The predicted octanol–water partition coefficient (Wildman–Crippen LogP) is 0.934. The van der Waals surface area contributed by atoms with Crippen molar-refractivity contribution >= 4 is 23.1 Å². The summed E-state index contributed by atoms with van der Waals surface area (Å²) in [5, 5.41) is 8.20. The first-order valence-corrected chi connectivity index (χ1v) is 6.54. The Hall–Kier alpha value is -1.21. The Kier molecular flexibility index (Phi) is 2.71. The maximum absolute atomic E-state index is 12.0. The quantitative estimate of drug-likeness (QED) is 0.815. The van der Waals surface area contributed by atoms with E-state index in [-0.39, 0.29) is 5.69 Å². The molecule has 2 aromatic heterocycles. The van der Waals surface area contributed by atoms with E-state index < -0.39 is 0 Å². The zero-order valence-electron chi connectivity index (χ0n) is 8.97. The molecule has 3 rings (SSSR count). The van der Waals surface area contributed by atoms with Crippen molar-refractivity contribution in [3.63, 3.8) is 0 Å². The van der Waals surface area contributed by atoms with Crippen LogP contribution in [0, 0.1) is 0 Å². The molecule has 0 N–H and O–H groups in total. The zero-order valence-corrected chi connectivity index (χ0v) is 10.5. The Labute approximate surface area is 106 Å². The monoisotopic (exact) mass is 271 g/mol. The molecule has 17 heavy (non-hydrogen) atoms. The fourth-order valence-electron chi connectivity index (χ4n) is 1.98. The summed E-state index contributed by atoms with van der Waals surface area (Å²) in [6, 6.07) is 0. The molecule has 0 unspecified atom stereocenters. The van der Waals surface area contributed by atoms with Crippen molar-refractivity contribution in [2.75, 3.05) is 0 Å². The lowest BCUT2D eigenvalue weighted by molar-refractivity contribution is 0.511. The van der Waals surface area contributed by atoms with Crippen LogP contribution >= 0.6 is 23.1 Å². The van der Waals surface area contributed by atoms with Crippen molar-refractivity contribution in [2.45, 2.75) is 32.4 Å². The molecular weight excluding hydrogens is 262 g/mol. The molecule has 0 aromatic carbocycles. The molecule has 0 radical (unpaired) electrons. The molecule has 0 spiro atoms. The van der Waals surface area contributed by atoms with Gasteiger partial charge in [0.1, 0.15) is 15.9 Å². The standard InChI is InChI=1S/C9H10ClN5OS/c10-8-6(11-13-17-8)5-15-9(16)14-4-2-1-3-7(14)12-15/h1-5H2. The first kappa shape index (κ1) is 10.9. The van der Waals surface area contributed by atoms with E-state index in [9.17, 15) is 4.79 Å². The Bertz CT molecular complexity index is 601. The van der Waals surface area contributed by atoms with Gasteiger partial charge in [0.25, 0.3) is 0 Å². The highest BCUT2D eigenvalue weighted by atomic mass is 35.5. The summed E-state index contributed by atoms with van der Waals surface area (Å²) in [7, 11) is 0. The maximum atomic E-state index is 12.0. The van der Waals surface area contributed by atoms with Crippen LogP contribution in [0.5, 0.6) is 0 Å². The molecule has 6 nitrogen and oxygen atoms in total. The number of rotatable bonds is 2. The minimum Gasteiger partial charge on any atom is -0.279 e. The van der Waals surface area contributed by atoms with Gasteiger partial charge in [-0.2, -0.15) is 5.10 Å². The lowest BCUT2D eigenvalue weighted by Crippen LogP contribution is -2.27. The summed E-state index contributed by atoms with van der Waals surface area (Å²) >= 11 is 7.03. The molecule has 0 fully saturated rings. The zero-order chi connectivity index (χ0) is 11.8. The van der Waals surface area contributed by atoms with Gasteiger partial charge >= 0.3 is 5.69 Å². The van der Waals surface area contributed by atoms with E-state index in [0.717, 1.165) is 43.2 Å². The Morgan fingerprint density at radius 3 is 3.00 bits per heavy atom. The molecule has 0 bridgehead atoms. The van der Waals surface area contributed by atoms with Gasteiger partial charge in [0.2, 0.25) is 0 Å². The third kappa shape index (κ3) is 1.89. The van der Waals surface area contributed by atoms with E-state index in [1.807, 2.05) is 0 Å². The van der Waals surface area contributed by atoms with Crippen LogP contribution in [-0.4, -0.2) is 23.9 Å². The molecule has 1 aliphatic heterocycles. The van der Waals surface area contributed by atoms with Crippen LogP contribution < -0.4 is 5.69 Å². The average molecular weight is 272 g/mol. The van der Waals surface area contributed by atoms with Gasteiger partial charge in [-0.3, -0.25) is 4.57 Å². The van der Waals surface area contributed by atoms with Gasteiger partial charge in [0.15, 0.2) is 0 Å². The number of aromatic nitrogens is 5. The van der Waals surface area contributed by atoms with Crippen molar-refractivity contribution in [3.05, 3.63) is 26.3 Å². The molecule has 0 amide bonds. The summed E-state index contributed by atoms with van der Waals surface area (Å²) in [4.78, 5) is 12.0. The molecule has 0 aliphatic carbocycles. The fourth-order valence-corrected chi connectivity index (χ4v) is 2.60. The third-order valence-electron chi connectivity index (χ3n) is 2.84. The van der Waals surface area contributed by atoms with Gasteiger partial charge in [-0.1, -0.05) is 16.1 Å². The van der Waals surface area contributed by atoms with Crippen LogP contribution in [0.2, 0.25) is 4.34 Å². The van der Waals surface area contributed by atoms with Crippen LogP contribution in [0.3, 0.4) is 0 Å². The number of hydrogen-bond donors (Lipinski definition) is 0. The lowest BCUT2D eigenvalue weighted by Gasteiger charge is -2.09. The number of hydrogen-bond acceptors (Lipinski definition) is 5. The molecule has 8 heteroatoms. The van der Waals surface area contributed by atoms with E-state index in [1.165, 1.54) is 4.68 Å². The smallest absolute Gasteiger partial charge is 0.279 e. The Morgan fingerprint density at radius 1 is 1.41 bits per heavy atom. The largest absolute Gasteiger partial charge is 0.346 e. The van der Waals surface area contributed by atoms with Crippen LogP contribution in [0.4, 0.5) is 0 Å². The van der Waals surface area contributed by atoms with E-state index in [4.69, 9.17) is 11.6 Å². The number of halogens is 1. The van der Waals surface area contributed by atoms with Crippen LogP contribution in [0.15, 0.2) is 4.79 Å². The van der Waals surface area contributed by atoms with Gasteiger partial charge < -0.3 is 0 Å². The summed E-state index contributed by atoms with van der Waals surface area (Å²) in [5.74, 6) is 0.862. The first-order valence-electron chi connectivity index (χ1n) is 5.39. The summed E-state index contributed by atoms with van der Waals surface area (Å²) in [6.45, 7) is 1.06. The molecule has 0 saturated heterocycles. The highest BCUT2D eigenvalue weighted by Gasteiger charge is 2.18. The van der Waals surface area contributed by atoms with Crippen molar-refractivity contribution in [1.82, 2.24) is 23.9 Å².